The molecule has 10 heteroatoms. The minimum Gasteiger partial charge on any atom is -0.444 e. The summed E-state index contributed by atoms with van der Waals surface area (Å²) in [5.41, 5.74) is 0.294. The summed E-state index contributed by atoms with van der Waals surface area (Å²) in [5.74, 6) is -0.0615. The molecule has 1 N–H and O–H groups in total. The van der Waals surface area contributed by atoms with Crippen molar-refractivity contribution < 1.29 is 18.7 Å². The molecule has 2 saturated heterocycles. The van der Waals surface area contributed by atoms with Gasteiger partial charge >= 0.3 is 6.09 Å². The molecule has 0 radical (unpaired) electrons. The fourth-order valence-electron chi connectivity index (χ4n) is 4.74. The third-order valence-electron chi connectivity index (χ3n) is 6.28. The number of pyridine rings is 1. The second-order valence-electron chi connectivity index (χ2n) is 10.0. The Labute approximate surface area is 220 Å². The lowest BCUT2D eigenvalue weighted by molar-refractivity contribution is 0.0275. The lowest BCUT2D eigenvalue weighted by atomic mass is 10.0. The number of rotatable bonds is 3. The van der Waals surface area contributed by atoms with Crippen LogP contribution in [-0.4, -0.2) is 58.6 Å². The molecule has 2 atom stereocenters. The second kappa shape index (κ2) is 9.20. The molecule has 2 aliphatic rings. The van der Waals surface area contributed by atoms with Crippen molar-refractivity contribution in [1.29, 1.82) is 0 Å². The predicted octanol–water partition coefficient (Wildman–Crippen LogP) is 5.72. The number of fused-ring (bicyclic) bond motifs is 2. The van der Waals surface area contributed by atoms with E-state index in [0.717, 1.165) is 13.8 Å². The van der Waals surface area contributed by atoms with Crippen molar-refractivity contribution in [2.45, 2.75) is 26.4 Å². The molecule has 0 spiro atoms. The van der Waals surface area contributed by atoms with Crippen LogP contribution in [0.3, 0.4) is 0 Å². The van der Waals surface area contributed by atoms with Gasteiger partial charge in [0.2, 0.25) is 0 Å². The zero-order chi connectivity index (χ0) is 24.9. The van der Waals surface area contributed by atoms with Crippen LogP contribution in [0.25, 0.3) is 10.2 Å². The van der Waals surface area contributed by atoms with Gasteiger partial charge < -0.3 is 19.9 Å². The summed E-state index contributed by atoms with van der Waals surface area (Å²) in [6.45, 7) is 7.86. The maximum atomic E-state index is 14.6. The molecule has 1 aromatic carbocycles. The van der Waals surface area contributed by atoms with Gasteiger partial charge in [0.25, 0.3) is 5.91 Å². The normalized spacial score (nSPS) is 19.8. The molecule has 7 nitrogen and oxygen atoms in total. The lowest BCUT2D eigenvalue weighted by Gasteiger charge is -2.26. The Morgan fingerprint density at radius 1 is 1.14 bits per heavy atom. The van der Waals surface area contributed by atoms with Gasteiger partial charge in [0.1, 0.15) is 21.2 Å². The number of halogens is 2. The number of benzene rings is 1. The maximum Gasteiger partial charge on any atom is 0.410 e. The molecule has 4 heterocycles. The van der Waals surface area contributed by atoms with Gasteiger partial charge in [-0.05, 0) is 73.7 Å². The van der Waals surface area contributed by atoms with Gasteiger partial charge in [-0.25, -0.2) is 14.2 Å². The van der Waals surface area contributed by atoms with Crippen LogP contribution in [0.2, 0.25) is 0 Å². The second-order valence-corrected chi connectivity index (χ2v) is 12.3. The van der Waals surface area contributed by atoms with Crippen LogP contribution in [-0.2, 0) is 4.74 Å². The summed E-state index contributed by atoms with van der Waals surface area (Å²) in [6, 6.07) is 8.63. The first-order valence-corrected chi connectivity index (χ1v) is 13.4. The van der Waals surface area contributed by atoms with E-state index in [0.29, 0.717) is 42.4 Å². The van der Waals surface area contributed by atoms with E-state index in [1.165, 1.54) is 17.4 Å². The van der Waals surface area contributed by atoms with Crippen molar-refractivity contribution in [3.8, 4) is 0 Å². The summed E-state index contributed by atoms with van der Waals surface area (Å²) < 4.78 is 20.9. The highest BCUT2D eigenvalue weighted by Crippen LogP contribution is 2.40. The molecule has 2 unspecified atom stereocenters. The third kappa shape index (κ3) is 4.95. The van der Waals surface area contributed by atoms with Crippen LogP contribution in [0.15, 0.2) is 36.5 Å². The Hall–Kier alpha value is -2.47. The Balaban J connectivity index is 1.36. The molecule has 5 rings (SSSR count). The largest absolute Gasteiger partial charge is 0.444 e. The van der Waals surface area contributed by atoms with Crippen LogP contribution >= 0.6 is 33.9 Å². The first-order valence-electron chi connectivity index (χ1n) is 11.5. The Morgan fingerprint density at radius 3 is 2.49 bits per heavy atom. The fraction of sp³-hybridized carbons (Fsp3) is 0.400. The molecule has 184 valence electrons. The van der Waals surface area contributed by atoms with Crippen LogP contribution in [0, 0.1) is 21.2 Å². The average molecular weight is 608 g/mol. The van der Waals surface area contributed by atoms with E-state index < -0.39 is 5.60 Å². The van der Waals surface area contributed by atoms with Crippen LogP contribution in [0.1, 0.15) is 31.1 Å². The van der Waals surface area contributed by atoms with E-state index in [9.17, 15) is 14.0 Å². The van der Waals surface area contributed by atoms with Gasteiger partial charge in [-0.1, -0.05) is 11.3 Å². The number of hydrogen-bond donors (Lipinski definition) is 1. The number of thiophene rings is 1. The summed E-state index contributed by atoms with van der Waals surface area (Å²) in [5, 5.41) is 4.47. The molecule has 35 heavy (non-hydrogen) atoms. The van der Waals surface area contributed by atoms with Gasteiger partial charge in [-0.2, -0.15) is 0 Å². The first kappa shape index (κ1) is 24.2. The van der Waals surface area contributed by atoms with Gasteiger partial charge in [-0.15, -0.1) is 0 Å². The summed E-state index contributed by atoms with van der Waals surface area (Å²) in [7, 11) is 0. The zero-order valence-corrected chi connectivity index (χ0v) is 22.7. The summed E-state index contributed by atoms with van der Waals surface area (Å²) in [6.07, 6.45) is 1.39. The molecule has 2 fully saturated rings. The van der Waals surface area contributed by atoms with E-state index >= 15 is 0 Å². The minimum absolute atomic E-state index is 0.101. The molecule has 2 aromatic heterocycles. The van der Waals surface area contributed by atoms with Crippen molar-refractivity contribution in [2.75, 3.05) is 31.5 Å². The van der Waals surface area contributed by atoms with Crippen molar-refractivity contribution >= 4 is 66.8 Å². The highest BCUT2D eigenvalue weighted by Gasteiger charge is 2.44. The number of likely N-dealkylation sites (tertiary alicyclic amines) is 2. The van der Waals surface area contributed by atoms with E-state index in [2.05, 4.69) is 32.9 Å². The number of carbonyl (C=O) groups is 2. The number of aromatic nitrogens is 1. The van der Waals surface area contributed by atoms with Gasteiger partial charge in [-0.3, -0.25) is 4.79 Å². The van der Waals surface area contributed by atoms with E-state index in [4.69, 9.17) is 4.74 Å². The molecular formula is C25H26FIN4O3S. The maximum absolute atomic E-state index is 14.6. The van der Waals surface area contributed by atoms with Crippen LogP contribution in [0.4, 0.5) is 19.9 Å². The van der Waals surface area contributed by atoms with Crippen molar-refractivity contribution in [1.82, 2.24) is 14.8 Å². The van der Waals surface area contributed by atoms with E-state index in [1.54, 1.807) is 23.2 Å². The van der Waals surface area contributed by atoms with E-state index in [-0.39, 0.29) is 29.7 Å². The van der Waals surface area contributed by atoms with Gasteiger partial charge in [0.05, 0.1) is 11.3 Å². The van der Waals surface area contributed by atoms with Crippen LogP contribution in [0.5, 0.6) is 0 Å². The Kier molecular flexibility index (Phi) is 6.37. The van der Waals surface area contributed by atoms with Crippen molar-refractivity contribution in [3.05, 3.63) is 51.5 Å². The molecule has 3 aromatic rings. The molecule has 0 saturated carbocycles. The predicted molar refractivity (Wildman–Crippen MR) is 143 cm³/mol. The lowest BCUT2D eigenvalue weighted by Crippen LogP contribution is -2.38. The monoisotopic (exact) mass is 608 g/mol. The van der Waals surface area contributed by atoms with Crippen molar-refractivity contribution in [3.63, 3.8) is 0 Å². The topological polar surface area (TPSA) is 74.8 Å². The number of carbonyl (C=O) groups excluding carboxylic acids is 2. The number of hydrogen-bond acceptors (Lipinski definition) is 6. The third-order valence-corrected chi connectivity index (χ3v) is 7.98. The number of nitrogens with zero attached hydrogens (tertiary/aromatic N) is 3. The summed E-state index contributed by atoms with van der Waals surface area (Å²) >= 11 is 3.41. The SMILES string of the molecule is CC(C)(C)OC(=O)N1CC2CN(C(=O)c3c(Nc4ccc(I)cc4F)sc4ncccc34)CC2C1. The molecule has 2 amide bonds. The number of anilines is 2. The smallest absolute Gasteiger partial charge is 0.410 e. The van der Waals surface area contributed by atoms with Gasteiger partial charge in [0, 0.05) is 53.2 Å². The van der Waals surface area contributed by atoms with E-state index in [1.807, 2.05) is 37.8 Å². The molecule has 2 aliphatic heterocycles. The van der Waals surface area contributed by atoms with Gasteiger partial charge in [0.15, 0.2) is 0 Å². The highest BCUT2D eigenvalue weighted by atomic mass is 127. The Morgan fingerprint density at radius 2 is 1.83 bits per heavy atom. The fourth-order valence-corrected chi connectivity index (χ4v) is 6.24. The molecular weight excluding hydrogens is 582 g/mol. The minimum atomic E-state index is -0.537. The number of nitrogens with one attached hydrogen (secondary N) is 1. The number of ether oxygens (including phenoxy) is 1. The first-order chi connectivity index (χ1) is 16.6. The van der Waals surface area contributed by atoms with Crippen LogP contribution < -0.4 is 5.32 Å². The number of amides is 2. The standard InChI is InChI=1S/C25H26FIN4O3S/c1-25(2,3)34-24(33)31-12-14-10-30(11-15(14)13-31)23(32)20-17-5-4-8-28-21(17)35-22(20)29-19-7-6-16(27)9-18(19)26/h4-9,14-15,29H,10-13H2,1-3H3. The average Bonchev–Trinajstić information content (AvgIpc) is 3.45. The summed E-state index contributed by atoms with van der Waals surface area (Å²) in [4.78, 5) is 35.0. The molecule has 0 bridgehead atoms. The highest BCUT2D eigenvalue weighted by molar-refractivity contribution is 14.1. The van der Waals surface area contributed by atoms with Crippen molar-refractivity contribution in [2.24, 2.45) is 11.8 Å². The molecule has 0 aliphatic carbocycles. The Bertz CT molecular complexity index is 1290. The quantitative estimate of drug-likeness (QED) is 0.385. The zero-order valence-electron chi connectivity index (χ0n) is 19.7.